The molecule has 0 amide bonds. The molecule has 0 aliphatic heterocycles. The molecule has 1 N–H and O–H groups in total. The Morgan fingerprint density at radius 2 is 2.22 bits per heavy atom. The van der Waals surface area contributed by atoms with Crippen LogP contribution in [0.5, 0.6) is 0 Å². The Balaban J connectivity index is 2.76. The van der Waals surface area contributed by atoms with Crippen LogP contribution in [0.15, 0.2) is 22.7 Å². The third kappa shape index (κ3) is 4.84. The summed E-state index contributed by atoms with van der Waals surface area (Å²) in [6, 6.07) is 6.95. The summed E-state index contributed by atoms with van der Waals surface area (Å²) in [5, 5.41) is 3.61. The van der Waals surface area contributed by atoms with E-state index >= 15 is 0 Å². The van der Waals surface area contributed by atoms with E-state index in [1.54, 1.807) is 0 Å². The second kappa shape index (κ2) is 8.34. The molecule has 1 aromatic carbocycles. The van der Waals surface area contributed by atoms with Crippen molar-refractivity contribution in [3.8, 4) is 12.3 Å². The number of aryl methyl sites for hydroxylation is 1. The maximum Gasteiger partial charge on any atom is 0.0331 e. The normalized spacial score (nSPS) is 12.1. The van der Waals surface area contributed by atoms with Crippen LogP contribution in [-0.2, 0) is 0 Å². The van der Waals surface area contributed by atoms with Crippen LogP contribution >= 0.6 is 15.9 Å². The van der Waals surface area contributed by atoms with Gasteiger partial charge in [0.05, 0.1) is 0 Å². The second-order valence-corrected chi connectivity index (χ2v) is 5.48. The van der Waals surface area contributed by atoms with Crippen molar-refractivity contribution in [2.24, 2.45) is 0 Å². The van der Waals surface area contributed by atoms with Gasteiger partial charge in [-0.3, -0.25) is 0 Å². The molecule has 18 heavy (non-hydrogen) atoms. The number of rotatable bonds is 7. The molecule has 0 heterocycles. The molecule has 0 fully saturated rings. The fraction of sp³-hybridized carbons (Fsp3) is 0.500. The molecule has 0 radical (unpaired) electrons. The number of benzene rings is 1. The molecular weight excluding hydrogens is 286 g/mol. The number of hydrogen-bond donors (Lipinski definition) is 1. The fourth-order valence-corrected chi connectivity index (χ4v) is 2.78. The highest BCUT2D eigenvalue weighted by molar-refractivity contribution is 9.10. The van der Waals surface area contributed by atoms with Crippen molar-refractivity contribution in [2.75, 3.05) is 6.54 Å². The number of halogens is 1. The van der Waals surface area contributed by atoms with Crippen molar-refractivity contribution in [1.82, 2.24) is 5.32 Å². The van der Waals surface area contributed by atoms with E-state index in [0.29, 0.717) is 6.04 Å². The van der Waals surface area contributed by atoms with Gasteiger partial charge in [-0.2, -0.15) is 0 Å². The lowest BCUT2D eigenvalue weighted by molar-refractivity contribution is 0.486. The minimum absolute atomic E-state index is 0.397. The molecule has 0 bridgehead atoms. The summed E-state index contributed by atoms with van der Waals surface area (Å²) in [6.07, 6.45) is 9.48. The molecule has 0 saturated carbocycles. The third-order valence-electron chi connectivity index (χ3n) is 2.99. The van der Waals surface area contributed by atoms with Crippen LogP contribution in [0.25, 0.3) is 0 Å². The molecule has 1 unspecified atom stereocenters. The lowest BCUT2D eigenvalue weighted by atomic mass is 10.00. The Bertz CT molecular complexity index is 406. The van der Waals surface area contributed by atoms with Gasteiger partial charge in [0, 0.05) is 16.9 Å². The average Bonchev–Trinajstić information content (AvgIpc) is 2.34. The van der Waals surface area contributed by atoms with Crippen LogP contribution in [-0.4, -0.2) is 6.54 Å². The van der Waals surface area contributed by atoms with Crippen LogP contribution in [0.1, 0.15) is 49.8 Å². The van der Waals surface area contributed by atoms with Gasteiger partial charge < -0.3 is 5.32 Å². The van der Waals surface area contributed by atoms with E-state index in [0.717, 1.165) is 32.2 Å². The summed E-state index contributed by atoms with van der Waals surface area (Å²) < 4.78 is 1.19. The summed E-state index contributed by atoms with van der Waals surface area (Å²) in [4.78, 5) is 0. The lowest BCUT2D eigenvalue weighted by Crippen LogP contribution is -2.22. The topological polar surface area (TPSA) is 12.0 Å². The van der Waals surface area contributed by atoms with Crippen molar-refractivity contribution >= 4 is 15.9 Å². The van der Waals surface area contributed by atoms with Crippen molar-refractivity contribution in [3.05, 3.63) is 33.8 Å². The van der Waals surface area contributed by atoms with Gasteiger partial charge in [-0.1, -0.05) is 35.0 Å². The summed E-state index contributed by atoms with van der Waals surface area (Å²) >= 11 is 3.67. The first-order chi connectivity index (χ1) is 8.69. The quantitative estimate of drug-likeness (QED) is 0.573. The zero-order valence-electron chi connectivity index (χ0n) is 11.3. The van der Waals surface area contributed by atoms with Crippen LogP contribution in [0.2, 0.25) is 0 Å². The van der Waals surface area contributed by atoms with Crippen molar-refractivity contribution in [1.29, 1.82) is 0 Å². The summed E-state index contributed by atoms with van der Waals surface area (Å²) in [6.45, 7) is 5.35. The zero-order valence-corrected chi connectivity index (χ0v) is 12.9. The van der Waals surface area contributed by atoms with Crippen molar-refractivity contribution in [2.45, 2.75) is 45.6 Å². The zero-order chi connectivity index (χ0) is 13.4. The van der Waals surface area contributed by atoms with Gasteiger partial charge in [0.1, 0.15) is 0 Å². The lowest BCUT2D eigenvalue weighted by Gasteiger charge is -2.20. The molecule has 1 atom stereocenters. The standard InChI is InChI=1S/C16H22BrN/c1-4-6-7-8-16(18-11-5-2)14-10-9-13(3)12-15(14)17/h1,9-10,12,16,18H,5-8,11H2,2-3H3. The molecule has 0 spiro atoms. The van der Waals surface area contributed by atoms with E-state index in [1.165, 1.54) is 15.6 Å². The number of hydrogen-bond acceptors (Lipinski definition) is 1. The van der Waals surface area contributed by atoms with Gasteiger partial charge in [-0.25, -0.2) is 0 Å². The van der Waals surface area contributed by atoms with Gasteiger partial charge in [-0.05, 0) is 49.9 Å². The molecule has 98 valence electrons. The number of nitrogens with one attached hydrogen (secondary N) is 1. The largest absolute Gasteiger partial charge is 0.310 e. The highest BCUT2D eigenvalue weighted by Crippen LogP contribution is 2.28. The first kappa shape index (κ1) is 15.3. The Labute approximate surface area is 119 Å². The van der Waals surface area contributed by atoms with Gasteiger partial charge in [0.2, 0.25) is 0 Å². The Kier molecular flexibility index (Phi) is 7.08. The van der Waals surface area contributed by atoms with Crippen LogP contribution < -0.4 is 5.32 Å². The van der Waals surface area contributed by atoms with Crippen LogP contribution in [0.4, 0.5) is 0 Å². The predicted octanol–water partition coefficient (Wildman–Crippen LogP) is 4.60. The predicted molar refractivity (Wildman–Crippen MR) is 82.6 cm³/mol. The molecule has 0 aliphatic carbocycles. The van der Waals surface area contributed by atoms with E-state index in [9.17, 15) is 0 Å². The second-order valence-electron chi connectivity index (χ2n) is 4.63. The molecule has 0 saturated heterocycles. The Hall–Kier alpha value is -0.780. The van der Waals surface area contributed by atoms with E-state index in [1.807, 2.05) is 0 Å². The highest BCUT2D eigenvalue weighted by Gasteiger charge is 2.13. The molecule has 1 aromatic rings. The smallest absolute Gasteiger partial charge is 0.0331 e. The third-order valence-corrected chi connectivity index (χ3v) is 3.67. The van der Waals surface area contributed by atoms with Gasteiger partial charge in [0.25, 0.3) is 0 Å². The fourth-order valence-electron chi connectivity index (χ4n) is 2.01. The molecule has 1 rings (SSSR count). The summed E-state index contributed by atoms with van der Waals surface area (Å²) in [5.74, 6) is 2.71. The summed E-state index contributed by atoms with van der Waals surface area (Å²) in [5.41, 5.74) is 2.62. The molecule has 0 aromatic heterocycles. The number of unbranched alkanes of at least 4 members (excludes halogenated alkanes) is 1. The van der Waals surface area contributed by atoms with Gasteiger partial charge >= 0.3 is 0 Å². The Morgan fingerprint density at radius 1 is 1.44 bits per heavy atom. The Morgan fingerprint density at radius 3 is 2.83 bits per heavy atom. The molecule has 1 nitrogen and oxygen atoms in total. The van der Waals surface area contributed by atoms with Gasteiger partial charge in [0.15, 0.2) is 0 Å². The van der Waals surface area contributed by atoms with Crippen LogP contribution in [0.3, 0.4) is 0 Å². The maximum absolute atomic E-state index is 5.32. The van der Waals surface area contributed by atoms with E-state index in [-0.39, 0.29) is 0 Å². The van der Waals surface area contributed by atoms with E-state index in [2.05, 4.69) is 59.2 Å². The molecule has 2 heteroatoms. The maximum atomic E-state index is 5.32. The summed E-state index contributed by atoms with van der Waals surface area (Å²) in [7, 11) is 0. The minimum atomic E-state index is 0.397. The van der Waals surface area contributed by atoms with Crippen molar-refractivity contribution in [3.63, 3.8) is 0 Å². The number of terminal acetylenes is 1. The van der Waals surface area contributed by atoms with E-state index in [4.69, 9.17) is 6.42 Å². The molecular formula is C16H22BrN. The molecule has 0 aliphatic rings. The van der Waals surface area contributed by atoms with Crippen LogP contribution in [0, 0.1) is 19.3 Å². The SMILES string of the molecule is C#CCCCC(NCCC)c1ccc(C)cc1Br. The first-order valence-corrected chi connectivity index (χ1v) is 7.41. The van der Waals surface area contributed by atoms with E-state index < -0.39 is 0 Å². The van der Waals surface area contributed by atoms with Gasteiger partial charge in [-0.15, -0.1) is 12.3 Å². The monoisotopic (exact) mass is 307 g/mol. The highest BCUT2D eigenvalue weighted by atomic mass is 79.9. The van der Waals surface area contributed by atoms with Crippen molar-refractivity contribution < 1.29 is 0 Å². The average molecular weight is 308 g/mol. The first-order valence-electron chi connectivity index (χ1n) is 6.62. The minimum Gasteiger partial charge on any atom is -0.310 e.